The second kappa shape index (κ2) is 6.67. The van der Waals surface area contributed by atoms with E-state index in [9.17, 15) is 9.59 Å². The molecule has 2 amide bonds. The number of rotatable bonds is 5. The monoisotopic (exact) mass is 328 g/mol. The first-order chi connectivity index (χ1) is 9.99. The zero-order chi connectivity index (χ0) is 15.6. The lowest BCUT2D eigenvalue weighted by Gasteiger charge is -2.24. The van der Waals surface area contributed by atoms with Gasteiger partial charge in [-0.05, 0) is 25.0 Å². The average Bonchev–Trinajstić information content (AvgIpc) is 2.73. The van der Waals surface area contributed by atoms with Gasteiger partial charge in [0.05, 0.1) is 22.2 Å². The van der Waals surface area contributed by atoms with Crippen molar-refractivity contribution in [3.8, 4) is 0 Å². The largest absolute Gasteiger partial charge is 0.372 e. The van der Waals surface area contributed by atoms with Crippen LogP contribution in [-0.2, 0) is 9.59 Å². The number of benzene rings is 1. The Kier molecular flexibility index (Phi) is 5.12. The predicted octanol–water partition coefficient (Wildman–Crippen LogP) is 3.72. The first kappa shape index (κ1) is 16.1. The molecule has 1 saturated heterocycles. The van der Waals surface area contributed by atoms with Crippen LogP contribution in [0.2, 0.25) is 10.0 Å². The number of likely N-dealkylation sites (tertiary alicyclic amines) is 1. The molecule has 0 saturated carbocycles. The fourth-order valence-electron chi connectivity index (χ4n) is 2.60. The molecule has 1 aromatic carbocycles. The third-order valence-corrected chi connectivity index (χ3v) is 4.59. The molecular weight excluding hydrogens is 311 g/mol. The Morgan fingerprint density at radius 2 is 1.95 bits per heavy atom. The molecule has 0 spiro atoms. The number of imide groups is 1. The SMILES string of the molecule is CCC(CC)N1C(=O)CC(Nc2cccc(Cl)c2Cl)C1=O. The van der Waals surface area contributed by atoms with E-state index in [0.717, 1.165) is 12.8 Å². The molecule has 0 aliphatic carbocycles. The van der Waals surface area contributed by atoms with Gasteiger partial charge in [-0.3, -0.25) is 14.5 Å². The number of halogens is 2. The molecule has 0 radical (unpaired) electrons. The van der Waals surface area contributed by atoms with Gasteiger partial charge in [-0.25, -0.2) is 0 Å². The minimum Gasteiger partial charge on any atom is -0.372 e. The summed E-state index contributed by atoms with van der Waals surface area (Å²) in [5, 5.41) is 3.81. The van der Waals surface area contributed by atoms with Crippen LogP contribution in [0.25, 0.3) is 0 Å². The summed E-state index contributed by atoms with van der Waals surface area (Å²) in [6, 6.07) is 4.55. The number of hydrogen-bond acceptors (Lipinski definition) is 3. The molecule has 1 fully saturated rings. The lowest BCUT2D eigenvalue weighted by Crippen LogP contribution is -2.41. The van der Waals surface area contributed by atoms with Crippen LogP contribution in [0.15, 0.2) is 18.2 Å². The van der Waals surface area contributed by atoms with Crippen LogP contribution in [0.3, 0.4) is 0 Å². The first-order valence-corrected chi connectivity index (χ1v) is 7.81. The van der Waals surface area contributed by atoms with Crippen molar-refractivity contribution in [2.24, 2.45) is 0 Å². The van der Waals surface area contributed by atoms with Crippen molar-refractivity contribution in [3.63, 3.8) is 0 Å². The molecule has 21 heavy (non-hydrogen) atoms. The minimum absolute atomic E-state index is 0.0355. The number of nitrogens with one attached hydrogen (secondary N) is 1. The van der Waals surface area contributed by atoms with Crippen LogP contribution in [0.4, 0.5) is 5.69 Å². The van der Waals surface area contributed by atoms with E-state index >= 15 is 0 Å². The molecule has 114 valence electrons. The Labute approximate surface area is 134 Å². The van der Waals surface area contributed by atoms with Gasteiger partial charge in [0.25, 0.3) is 5.91 Å². The maximum absolute atomic E-state index is 12.4. The Morgan fingerprint density at radius 3 is 2.57 bits per heavy atom. The van der Waals surface area contributed by atoms with Crippen LogP contribution in [0, 0.1) is 0 Å². The molecular formula is C15H18Cl2N2O2. The van der Waals surface area contributed by atoms with Crippen LogP contribution < -0.4 is 5.32 Å². The molecule has 1 unspecified atom stereocenters. The van der Waals surface area contributed by atoms with E-state index in [1.807, 2.05) is 13.8 Å². The van der Waals surface area contributed by atoms with Gasteiger partial charge in [0.1, 0.15) is 6.04 Å². The fraction of sp³-hybridized carbons (Fsp3) is 0.467. The van der Waals surface area contributed by atoms with Gasteiger partial charge in [0.2, 0.25) is 5.91 Å². The number of anilines is 1. The highest BCUT2D eigenvalue weighted by atomic mass is 35.5. The van der Waals surface area contributed by atoms with Crippen LogP contribution >= 0.6 is 23.2 Å². The van der Waals surface area contributed by atoms with Gasteiger partial charge >= 0.3 is 0 Å². The summed E-state index contributed by atoms with van der Waals surface area (Å²) < 4.78 is 0. The number of hydrogen-bond donors (Lipinski definition) is 1. The second-order valence-electron chi connectivity index (χ2n) is 5.07. The fourth-order valence-corrected chi connectivity index (χ4v) is 2.96. The number of amides is 2. The van der Waals surface area contributed by atoms with Gasteiger partial charge in [0.15, 0.2) is 0 Å². The zero-order valence-electron chi connectivity index (χ0n) is 12.0. The lowest BCUT2D eigenvalue weighted by atomic mass is 10.1. The summed E-state index contributed by atoms with van der Waals surface area (Å²) in [6.45, 7) is 3.95. The molecule has 2 rings (SSSR count). The van der Waals surface area contributed by atoms with Crippen molar-refractivity contribution < 1.29 is 9.59 Å². The van der Waals surface area contributed by atoms with E-state index in [2.05, 4.69) is 5.32 Å². The molecule has 1 N–H and O–H groups in total. The van der Waals surface area contributed by atoms with Gasteiger partial charge in [-0.1, -0.05) is 43.1 Å². The van der Waals surface area contributed by atoms with Crippen LogP contribution in [-0.4, -0.2) is 28.8 Å². The van der Waals surface area contributed by atoms with Crippen LogP contribution in [0.1, 0.15) is 33.1 Å². The summed E-state index contributed by atoms with van der Waals surface area (Å²) in [5.41, 5.74) is 0.571. The average molecular weight is 329 g/mol. The highest BCUT2D eigenvalue weighted by Gasteiger charge is 2.41. The van der Waals surface area contributed by atoms with Gasteiger partial charge in [-0.2, -0.15) is 0 Å². The van der Waals surface area contributed by atoms with Gasteiger partial charge < -0.3 is 5.32 Å². The van der Waals surface area contributed by atoms with Crippen molar-refractivity contribution in [1.29, 1.82) is 0 Å². The third-order valence-electron chi connectivity index (χ3n) is 3.77. The Balaban J connectivity index is 2.18. The summed E-state index contributed by atoms with van der Waals surface area (Å²) >= 11 is 12.1. The maximum atomic E-state index is 12.4. The maximum Gasteiger partial charge on any atom is 0.252 e. The normalized spacial score (nSPS) is 18.7. The molecule has 6 heteroatoms. The van der Waals surface area contributed by atoms with E-state index in [-0.39, 0.29) is 24.3 Å². The summed E-state index contributed by atoms with van der Waals surface area (Å²) in [5.74, 6) is -0.325. The van der Waals surface area contributed by atoms with Crippen molar-refractivity contribution >= 4 is 40.7 Å². The number of carbonyl (C=O) groups is 2. The summed E-state index contributed by atoms with van der Waals surface area (Å²) in [7, 11) is 0. The molecule has 1 heterocycles. The molecule has 0 aromatic heterocycles. The first-order valence-electron chi connectivity index (χ1n) is 7.06. The smallest absolute Gasteiger partial charge is 0.252 e. The highest BCUT2D eigenvalue weighted by molar-refractivity contribution is 6.43. The topological polar surface area (TPSA) is 49.4 Å². The molecule has 1 atom stereocenters. The number of nitrogens with zero attached hydrogens (tertiary/aromatic N) is 1. The van der Waals surface area contributed by atoms with E-state index in [4.69, 9.17) is 23.2 Å². The number of carbonyl (C=O) groups excluding carboxylic acids is 2. The van der Waals surface area contributed by atoms with Gasteiger partial charge in [0, 0.05) is 6.04 Å². The molecule has 4 nitrogen and oxygen atoms in total. The summed E-state index contributed by atoms with van der Waals surface area (Å²) in [6.07, 6.45) is 1.68. The van der Waals surface area contributed by atoms with E-state index < -0.39 is 6.04 Å². The Bertz CT molecular complexity index is 559. The highest BCUT2D eigenvalue weighted by Crippen LogP contribution is 2.31. The summed E-state index contributed by atoms with van der Waals surface area (Å²) in [4.78, 5) is 25.9. The second-order valence-corrected chi connectivity index (χ2v) is 5.86. The van der Waals surface area contributed by atoms with E-state index in [1.54, 1.807) is 18.2 Å². The molecule has 1 aliphatic heterocycles. The standard InChI is InChI=1S/C15H18Cl2N2O2/c1-3-9(4-2)19-13(20)8-12(15(19)21)18-11-7-5-6-10(16)14(11)17/h5-7,9,12,18H,3-4,8H2,1-2H3. The van der Waals surface area contributed by atoms with E-state index in [1.165, 1.54) is 4.90 Å². The van der Waals surface area contributed by atoms with Crippen molar-refractivity contribution in [2.75, 3.05) is 5.32 Å². The Hall–Kier alpha value is -1.26. The van der Waals surface area contributed by atoms with Gasteiger partial charge in [-0.15, -0.1) is 0 Å². The lowest BCUT2D eigenvalue weighted by molar-refractivity contribution is -0.141. The van der Waals surface area contributed by atoms with Crippen molar-refractivity contribution in [1.82, 2.24) is 4.90 Å². The van der Waals surface area contributed by atoms with E-state index in [0.29, 0.717) is 15.7 Å². The quantitative estimate of drug-likeness (QED) is 0.838. The third kappa shape index (κ3) is 3.16. The Morgan fingerprint density at radius 1 is 1.29 bits per heavy atom. The minimum atomic E-state index is -0.575. The van der Waals surface area contributed by atoms with Crippen LogP contribution in [0.5, 0.6) is 0 Å². The van der Waals surface area contributed by atoms with Crippen molar-refractivity contribution in [2.45, 2.75) is 45.2 Å². The van der Waals surface area contributed by atoms with Crippen molar-refractivity contribution in [3.05, 3.63) is 28.2 Å². The molecule has 0 bridgehead atoms. The molecule has 1 aliphatic rings. The zero-order valence-corrected chi connectivity index (χ0v) is 13.5. The molecule has 1 aromatic rings. The predicted molar refractivity (Wildman–Crippen MR) is 84.7 cm³/mol.